The van der Waals surface area contributed by atoms with Crippen LogP contribution in [0.4, 0.5) is 8.78 Å². The van der Waals surface area contributed by atoms with Crippen molar-refractivity contribution in [2.24, 2.45) is 0 Å². The quantitative estimate of drug-likeness (QED) is 0.849. The molecule has 1 saturated carbocycles. The molecule has 5 heteroatoms. The highest BCUT2D eigenvalue weighted by Crippen LogP contribution is 2.29. The molecule has 0 spiro atoms. The fraction of sp³-hybridized carbons (Fsp3) is 0.500. The predicted molar refractivity (Wildman–Crippen MR) is 62.9 cm³/mol. The molecule has 1 N–H and O–H groups in total. The highest BCUT2D eigenvalue weighted by Gasteiger charge is 2.26. The summed E-state index contributed by atoms with van der Waals surface area (Å²) < 4.78 is 32.4. The molecule has 0 amide bonds. The van der Waals surface area contributed by atoms with Crippen LogP contribution in [0.3, 0.4) is 0 Å². The number of rotatable bonds is 2. The standard InChI is InChI=1S/C12H13BrF2O2/c13-7-5-8(14)12(15)11(6-7)17-10-4-2-1-3-9(10)16/h5-6,9-10,16H,1-4H2/t9-,10-/m0/s1. The van der Waals surface area contributed by atoms with Crippen molar-refractivity contribution in [3.8, 4) is 5.75 Å². The van der Waals surface area contributed by atoms with Crippen LogP contribution in [-0.4, -0.2) is 17.3 Å². The molecule has 0 bridgehead atoms. The van der Waals surface area contributed by atoms with Crippen molar-refractivity contribution >= 4 is 15.9 Å². The molecule has 1 aliphatic carbocycles. The SMILES string of the molecule is O[C@H]1CCCC[C@@H]1Oc1cc(Br)cc(F)c1F. The molecule has 17 heavy (non-hydrogen) atoms. The Bertz CT molecular complexity index is 412. The molecular formula is C12H13BrF2O2. The number of aliphatic hydroxyl groups is 1. The van der Waals surface area contributed by atoms with E-state index in [-0.39, 0.29) is 5.75 Å². The van der Waals surface area contributed by atoms with Gasteiger partial charge in [-0.15, -0.1) is 0 Å². The summed E-state index contributed by atoms with van der Waals surface area (Å²) in [6, 6.07) is 2.42. The molecular weight excluding hydrogens is 294 g/mol. The minimum Gasteiger partial charge on any atom is -0.484 e. The lowest BCUT2D eigenvalue weighted by molar-refractivity contribution is 0.00463. The average molecular weight is 307 g/mol. The Morgan fingerprint density at radius 2 is 1.94 bits per heavy atom. The van der Waals surface area contributed by atoms with Gasteiger partial charge in [-0.2, -0.15) is 4.39 Å². The zero-order valence-corrected chi connectivity index (χ0v) is 10.7. The monoisotopic (exact) mass is 306 g/mol. The Hall–Kier alpha value is -0.680. The molecule has 0 aliphatic heterocycles. The number of hydrogen-bond acceptors (Lipinski definition) is 2. The third-order valence-corrected chi connectivity index (χ3v) is 3.36. The number of halogens is 3. The van der Waals surface area contributed by atoms with E-state index in [2.05, 4.69) is 15.9 Å². The van der Waals surface area contributed by atoms with Crippen molar-refractivity contribution in [1.29, 1.82) is 0 Å². The first-order valence-electron chi connectivity index (χ1n) is 5.57. The van der Waals surface area contributed by atoms with E-state index >= 15 is 0 Å². The molecule has 2 nitrogen and oxygen atoms in total. The summed E-state index contributed by atoms with van der Waals surface area (Å²) >= 11 is 3.08. The number of ether oxygens (including phenoxy) is 1. The van der Waals surface area contributed by atoms with Gasteiger partial charge in [-0.3, -0.25) is 0 Å². The summed E-state index contributed by atoms with van der Waals surface area (Å²) in [5, 5.41) is 9.71. The molecule has 2 rings (SSSR count). The molecule has 0 heterocycles. The van der Waals surface area contributed by atoms with Crippen LogP contribution in [0.15, 0.2) is 16.6 Å². The first-order chi connectivity index (χ1) is 8.08. The Kier molecular flexibility index (Phi) is 3.99. The fourth-order valence-corrected chi connectivity index (χ4v) is 2.40. The van der Waals surface area contributed by atoms with Crippen LogP contribution in [-0.2, 0) is 0 Å². The van der Waals surface area contributed by atoms with E-state index in [0.717, 1.165) is 18.9 Å². The molecule has 1 aromatic carbocycles. The molecule has 2 atom stereocenters. The van der Waals surface area contributed by atoms with Gasteiger partial charge in [0.25, 0.3) is 0 Å². The maximum Gasteiger partial charge on any atom is 0.200 e. The summed E-state index contributed by atoms with van der Waals surface area (Å²) in [5.74, 6) is -2.12. The average Bonchev–Trinajstić information content (AvgIpc) is 2.28. The largest absolute Gasteiger partial charge is 0.484 e. The molecule has 1 aliphatic rings. The molecule has 0 radical (unpaired) electrons. The summed E-state index contributed by atoms with van der Waals surface area (Å²) in [7, 11) is 0. The normalized spacial score (nSPS) is 24.7. The van der Waals surface area contributed by atoms with Crippen molar-refractivity contribution in [2.45, 2.75) is 37.9 Å². The highest BCUT2D eigenvalue weighted by molar-refractivity contribution is 9.10. The van der Waals surface area contributed by atoms with Crippen molar-refractivity contribution in [3.05, 3.63) is 28.2 Å². The zero-order chi connectivity index (χ0) is 12.4. The summed E-state index contributed by atoms with van der Waals surface area (Å²) in [6.07, 6.45) is 2.12. The van der Waals surface area contributed by atoms with Crippen LogP contribution in [0, 0.1) is 11.6 Å². The molecule has 1 fully saturated rings. The van der Waals surface area contributed by atoms with Crippen LogP contribution in [0.5, 0.6) is 5.75 Å². The van der Waals surface area contributed by atoms with Gasteiger partial charge in [-0.05, 0) is 31.4 Å². The second-order valence-corrected chi connectivity index (χ2v) is 5.12. The van der Waals surface area contributed by atoms with Gasteiger partial charge in [0.2, 0.25) is 5.82 Å². The van der Waals surface area contributed by atoms with E-state index in [1.807, 2.05) is 0 Å². The van der Waals surface area contributed by atoms with E-state index in [4.69, 9.17) is 4.74 Å². The number of hydrogen-bond donors (Lipinski definition) is 1. The molecule has 0 saturated heterocycles. The van der Waals surface area contributed by atoms with E-state index < -0.39 is 23.8 Å². The van der Waals surface area contributed by atoms with Crippen molar-refractivity contribution in [2.75, 3.05) is 0 Å². The van der Waals surface area contributed by atoms with Crippen LogP contribution >= 0.6 is 15.9 Å². The van der Waals surface area contributed by atoms with Crippen LogP contribution in [0.2, 0.25) is 0 Å². The fourth-order valence-electron chi connectivity index (χ4n) is 2.00. The maximum absolute atomic E-state index is 13.5. The molecule has 0 aromatic heterocycles. The first-order valence-corrected chi connectivity index (χ1v) is 6.36. The zero-order valence-electron chi connectivity index (χ0n) is 9.13. The highest BCUT2D eigenvalue weighted by atomic mass is 79.9. The van der Waals surface area contributed by atoms with Crippen LogP contribution < -0.4 is 4.74 Å². The lowest BCUT2D eigenvalue weighted by Crippen LogP contribution is -2.34. The van der Waals surface area contributed by atoms with E-state index in [9.17, 15) is 13.9 Å². The molecule has 1 aromatic rings. The number of benzene rings is 1. The van der Waals surface area contributed by atoms with E-state index in [0.29, 0.717) is 17.3 Å². The Balaban J connectivity index is 2.17. The van der Waals surface area contributed by atoms with E-state index in [1.54, 1.807) is 0 Å². The molecule has 0 unspecified atom stereocenters. The third kappa shape index (κ3) is 2.96. The minimum atomic E-state index is -1.01. The Morgan fingerprint density at radius 1 is 1.24 bits per heavy atom. The third-order valence-electron chi connectivity index (χ3n) is 2.91. The van der Waals surface area contributed by atoms with Crippen molar-refractivity contribution < 1.29 is 18.6 Å². The van der Waals surface area contributed by atoms with Crippen LogP contribution in [0.1, 0.15) is 25.7 Å². The van der Waals surface area contributed by atoms with Gasteiger partial charge in [0.05, 0.1) is 6.10 Å². The van der Waals surface area contributed by atoms with Gasteiger partial charge in [0.15, 0.2) is 11.6 Å². The predicted octanol–water partition coefficient (Wildman–Crippen LogP) is 3.41. The van der Waals surface area contributed by atoms with Gasteiger partial charge in [0.1, 0.15) is 6.10 Å². The van der Waals surface area contributed by atoms with Gasteiger partial charge in [0, 0.05) is 4.47 Å². The van der Waals surface area contributed by atoms with E-state index in [1.165, 1.54) is 6.07 Å². The second kappa shape index (κ2) is 5.31. The summed E-state index contributed by atoms with van der Waals surface area (Å²) in [6.45, 7) is 0. The van der Waals surface area contributed by atoms with Gasteiger partial charge >= 0.3 is 0 Å². The van der Waals surface area contributed by atoms with Crippen molar-refractivity contribution in [1.82, 2.24) is 0 Å². The smallest absolute Gasteiger partial charge is 0.200 e. The van der Waals surface area contributed by atoms with Crippen LogP contribution in [0.25, 0.3) is 0 Å². The van der Waals surface area contributed by atoms with Gasteiger partial charge in [-0.1, -0.05) is 22.4 Å². The summed E-state index contributed by atoms with van der Waals surface area (Å²) in [5.41, 5.74) is 0. The number of aliphatic hydroxyl groups excluding tert-OH is 1. The maximum atomic E-state index is 13.5. The Labute approximate surface area is 107 Å². The van der Waals surface area contributed by atoms with Gasteiger partial charge < -0.3 is 9.84 Å². The topological polar surface area (TPSA) is 29.5 Å². The first kappa shape index (κ1) is 12.8. The molecule has 94 valence electrons. The lowest BCUT2D eigenvalue weighted by atomic mass is 9.95. The lowest BCUT2D eigenvalue weighted by Gasteiger charge is -2.28. The Morgan fingerprint density at radius 3 is 2.65 bits per heavy atom. The van der Waals surface area contributed by atoms with Crippen molar-refractivity contribution in [3.63, 3.8) is 0 Å². The second-order valence-electron chi connectivity index (χ2n) is 4.21. The van der Waals surface area contributed by atoms with Gasteiger partial charge in [-0.25, -0.2) is 4.39 Å². The summed E-state index contributed by atoms with van der Waals surface area (Å²) in [4.78, 5) is 0. The minimum absolute atomic E-state index is 0.150.